The lowest BCUT2D eigenvalue weighted by atomic mass is 9.84. The summed E-state index contributed by atoms with van der Waals surface area (Å²) in [4.78, 5) is 2.70. The van der Waals surface area contributed by atoms with E-state index in [4.69, 9.17) is 4.74 Å². The zero-order valence-corrected chi connectivity index (χ0v) is 13.1. The predicted octanol–water partition coefficient (Wildman–Crippen LogP) is 2.37. The van der Waals surface area contributed by atoms with Crippen molar-refractivity contribution in [3.63, 3.8) is 0 Å². The quantitative estimate of drug-likeness (QED) is 0.749. The second-order valence-electron chi connectivity index (χ2n) is 7.12. The third kappa shape index (κ3) is 4.44. The number of ether oxygens (including phenoxy) is 1. The molecule has 0 saturated carbocycles. The molecule has 1 N–H and O–H groups in total. The van der Waals surface area contributed by atoms with Gasteiger partial charge in [0.05, 0.1) is 6.61 Å². The summed E-state index contributed by atoms with van der Waals surface area (Å²) in [6, 6.07) is 0. The summed E-state index contributed by atoms with van der Waals surface area (Å²) < 4.78 is 5.72. The van der Waals surface area contributed by atoms with Crippen molar-refractivity contribution in [2.45, 2.75) is 40.0 Å². The van der Waals surface area contributed by atoms with Crippen LogP contribution in [0.3, 0.4) is 0 Å². The molecule has 3 atom stereocenters. The van der Waals surface area contributed by atoms with Crippen molar-refractivity contribution in [3.8, 4) is 0 Å². The first-order valence-corrected chi connectivity index (χ1v) is 8.14. The second kappa shape index (κ2) is 7.05. The van der Waals surface area contributed by atoms with Gasteiger partial charge < -0.3 is 15.0 Å². The molecule has 0 aliphatic carbocycles. The van der Waals surface area contributed by atoms with E-state index in [1.165, 1.54) is 38.9 Å². The zero-order valence-electron chi connectivity index (χ0n) is 13.1. The highest BCUT2D eigenvalue weighted by atomic mass is 16.5. The minimum Gasteiger partial charge on any atom is -0.381 e. The summed E-state index contributed by atoms with van der Waals surface area (Å²) in [5.41, 5.74) is 0.367. The molecular formula is C16H32N2O. The number of nitrogens with one attached hydrogen (secondary N) is 1. The molecule has 0 radical (unpaired) electrons. The molecule has 2 aliphatic rings. The normalized spacial score (nSPS) is 36.8. The average molecular weight is 268 g/mol. The van der Waals surface area contributed by atoms with Crippen LogP contribution in [0.15, 0.2) is 0 Å². The van der Waals surface area contributed by atoms with Gasteiger partial charge >= 0.3 is 0 Å². The molecule has 0 amide bonds. The topological polar surface area (TPSA) is 24.5 Å². The summed E-state index contributed by atoms with van der Waals surface area (Å²) in [5, 5.41) is 3.62. The molecule has 2 fully saturated rings. The summed E-state index contributed by atoms with van der Waals surface area (Å²) in [5.74, 6) is 1.71. The SMILES string of the molecule is CCCNCC1(CN2CC(C)CC(C)C2)CCOC1. The first-order valence-electron chi connectivity index (χ1n) is 8.14. The van der Waals surface area contributed by atoms with Crippen LogP contribution >= 0.6 is 0 Å². The van der Waals surface area contributed by atoms with Crippen LogP contribution in [0.4, 0.5) is 0 Å². The lowest BCUT2D eigenvalue weighted by molar-refractivity contribution is 0.0684. The standard InChI is InChI=1S/C16H32N2O/c1-4-6-17-11-16(5-7-19-13-16)12-18-9-14(2)8-15(3)10-18/h14-15,17H,4-13H2,1-3H3. The van der Waals surface area contributed by atoms with Crippen molar-refractivity contribution in [1.29, 1.82) is 0 Å². The van der Waals surface area contributed by atoms with E-state index in [1.54, 1.807) is 0 Å². The maximum atomic E-state index is 5.72. The van der Waals surface area contributed by atoms with Crippen molar-refractivity contribution in [3.05, 3.63) is 0 Å². The third-order valence-electron chi connectivity index (χ3n) is 4.62. The Morgan fingerprint density at radius 1 is 1.26 bits per heavy atom. The van der Waals surface area contributed by atoms with E-state index in [-0.39, 0.29) is 0 Å². The lowest BCUT2D eigenvalue weighted by Crippen LogP contribution is -2.49. The van der Waals surface area contributed by atoms with Crippen LogP contribution in [0.5, 0.6) is 0 Å². The van der Waals surface area contributed by atoms with Crippen LogP contribution in [0.25, 0.3) is 0 Å². The lowest BCUT2D eigenvalue weighted by Gasteiger charge is -2.40. The van der Waals surface area contributed by atoms with E-state index in [9.17, 15) is 0 Å². The van der Waals surface area contributed by atoms with Crippen LogP contribution in [-0.2, 0) is 4.74 Å². The van der Waals surface area contributed by atoms with Crippen LogP contribution in [0.2, 0.25) is 0 Å². The van der Waals surface area contributed by atoms with Crippen molar-refractivity contribution in [2.24, 2.45) is 17.3 Å². The molecule has 3 unspecified atom stereocenters. The van der Waals surface area contributed by atoms with Gasteiger partial charge in [-0.25, -0.2) is 0 Å². The number of hydrogen-bond acceptors (Lipinski definition) is 3. The predicted molar refractivity (Wildman–Crippen MR) is 80.4 cm³/mol. The molecule has 2 rings (SSSR count). The van der Waals surface area contributed by atoms with Crippen molar-refractivity contribution in [1.82, 2.24) is 10.2 Å². The number of likely N-dealkylation sites (tertiary alicyclic amines) is 1. The molecule has 2 heterocycles. The first-order chi connectivity index (χ1) is 9.13. The van der Waals surface area contributed by atoms with E-state index in [0.29, 0.717) is 5.41 Å². The molecule has 112 valence electrons. The fourth-order valence-electron chi connectivity index (χ4n) is 3.90. The molecule has 0 aromatic carbocycles. The van der Waals surface area contributed by atoms with Gasteiger partial charge in [-0.1, -0.05) is 20.8 Å². The van der Waals surface area contributed by atoms with E-state index >= 15 is 0 Å². The Hall–Kier alpha value is -0.120. The van der Waals surface area contributed by atoms with Crippen LogP contribution < -0.4 is 5.32 Å². The van der Waals surface area contributed by atoms with Gasteiger partial charge in [-0.3, -0.25) is 0 Å². The average Bonchev–Trinajstić information content (AvgIpc) is 2.77. The Balaban J connectivity index is 1.88. The molecule has 0 aromatic rings. The Morgan fingerprint density at radius 2 is 2.00 bits per heavy atom. The molecule has 0 aromatic heterocycles. The Bertz CT molecular complexity index is 253. The third-order valence-corrected chi connectivity index (χ3v) is 4.62. The van der Waals surface area contributed by atoms with Gasteiger partial charge in [0.1, 0.15) is 0 Å². The Kier molecular flexibility index (Phi) is 5.67. The van der Waals surface area contributed by atoms with Crippen LogP contribution in [0, 0.1) is 17.3 Å². The highest BCUT2D eigenvalue weighted by molar-refractivity contribution is 4.90. The van der Waals surface area contributed by atoms with Crippen molar-refractivity contribution >= 4 is 0 Å². The molecule has 2 saturated heterocycles. The molecule has 0 bridgehead atoms. The van der Waals surface area contributed by atoms with Gasteiger partial charge in [-0.15, -0.1) is 0 Å². The minimum absolute atomic E-state index is 0.367. The Labute approximate surface area is 119 Å². The van der Waals surface area contributed by atoms with Crippen molar-refractivity contribution < 1.29 is 4.74 Å². The molecule has 3 nitrogen and oxygen atoms in total. The number of hydrogen-bond donors (Lipinski definition) is 1. The fraction of sp³-hybridized carbons (Fsp3) is 1.00. The fourth-order valence-corrected chi connectivity index (χ4v) is 3.90. The molecular weight excluding hydrogens is 236 g/mol. The molecule has 19 heavy (non-hydrogen) atoms. The maximum Gasteiger partial charge on any atom is 0.0547 e. The highest BCUT2D eigenvalue weighted by Crippen LogP contribution is 2.31. The van der Waals surface area contributed by atoms with Crippen LogP contribution in [0.1, 0.15) is 40.0 Å². The number of piperidine rings is 1. The number of rotatable bonds is 6. The van der Waals surface area contributed by atoms with E-state index < -0.39 is 0 Å². The van der Waals surface area contributed by atoms with Gasteiger partial charge in [0, 0.05) is 38.2 Å². The zero-order chi connectivity index (χ0) is 13.7. The minimum atomic E-state index is 0.367. The number of nitrogens with zero attached hydrogens (tertiary/aromatic N) is 1. The summed E-state index contributed by atoms with van der Waals surface area (Å²) >= 11 is 0. The van der Waals surface area contributed by atoms with Gasteiger partial charge in [0.15, 0.2) is 0 Å². The molecule has 3 heteroatoms. The highest BCUT2D eigenvalue weighted by Gasteiger charge is 2.37. The maximum absolute atomic E-state index is 5.72. The molecule has 2 aliphatic heterocycles. The van der Waals surface area contributed by atoms with E-state index in [0.717, 1.165) is 38.1 Å². The second-order valence-corrected chi connectivity index (χ2v) is 7.12. The van der Waals surface area contributed by atoms with Crippen molar-refractivity contribution in [2.75, 3.05) is 45.9 Å². The van der Waals surface area contributed by atoms with Gasteiger partial charge in [0.25, 0.3) is 0 Å². The van der Waals surface area contributed by atoms with E-state index in [1.807, 2.05) is 0 Å². The van der Waals surface area contributed by atoms with E-state index in [2.05, 4.69) is 31.0 Å². The smallest absolute Gasteiger partial charge is 0.0547 e. The first kappa shape index (κ1) is 15.3. The largest absolute Gasteiger partial charge is 0.381 e. The Morgan fingerprint density at radius 3 is 2.58 bits per heavy atom. The van der Waals surface area contributed by atoms with Gasteiger partial charge in [-0.2, -0.15) is 0 Å². The van der Waals surface area contributed by atoms with Crippen LogP contribution in [-0.4, -0.2) is 50.8 Å². The summed E-state index contributed by atoms with van der Waals surface area (Å²) in [6.07, 6.45) is 3.84. The molecule has 0 spiro atoms. The monoisotopic (exact) mass is 268 g/mol. The summed E-state index contributed by atoms with van der Waals surface area (Å²) in [6.45, 7) is 15.0. The van der Waals surface area contributed by atoms with Gasteiger partial charge in [0.2, 0.25) is 0 Å². The summed E-state index contributed by atoms with van der Waals surface area (Å²) in [7, 11) is 0. The van der Waals surface area contributed by atoms with Gasteiger partial charge in [-0.05, 0) is 37.6 Å².